The molecule has 2 aliphatic rings. The molecule has 2 saturated carbocycles. The molecule has 1 aromatic heterocycles. The van der Waals surface area contributed by atoms with E-state index in [2.05, 4.69) is 39.9 Å². The molecule has 0 saturated heterocycles. The van der Waals surface area contributed by atoms with Gasteiger partial charge in [0.25, 0.3) is 0 Å². The van der Waals surface area contributed by atoms with Crippen molar-refractivity contribution in [2.45, 2.75) is 57.5 Å². The molecule has 1 heterocycles. The van der Waals surface area contributed by atoms with Crippen LogP contribution in [0, 0.1) is 6.92 Å². The van der Waals surface area contributed by atoms with Crippen molar-refractivity contribution in [1.29, 1.82) is 0 Å². The summed E-state index contributed by atoms with van der Waals surface area (Å²) < 4.78 is 2.32. The minimum absolute atomic E-state index is 0.705. The van der Waals surface area contributed by atoms with Crippen LogP contribution in [0.3, 0.4) is 0 Å². The average Bonchev–Trinajstić information content (AvgIpc) is 2.95. The first-order valence-electron chi connectivity index (χ1n) is 7.73. The van der Waals surface area contributed by atoms with E-state index < -0.39 is 0 Å². The fourth-order valence-electron chi connectivity index (χ4n) is 3.15. The van der Waals surface area contributed by atoms with Crippen LogP contribution in [-0.2, 0) is 0 Å². The lowest BCUT2D eigenvalue weighted by molar-refractivity contribution is 0.254. The third-order valence-corrected chi connectivity index (χ3v) is 4.49. The van der Waals surface area contributed by atoms with E-state index in [1.54, 1.807) is 0 Å². The highest BCUT2D eigenvalue weighted by molar-refractivity contribution is 5.30. The molecular weight excluding hydrogens is 236 g/mol. The molecule has 0 spiro atoms. The first-order valence-corrected chi connectivity index (χ1v) is 7.73. The van der Waals surface area contributed by atoms with Crippen molar-refractivity contribution in [1.82, 2.24) is 14.5 Å². The Labute approximate surface area is 116 Å². The lowest BCUT2D eigenvalue weighted by atomic mass is 10.2. The van der Waals surface area contributed by atoms with E-state index in [0.717, 1.165) is 30.8 Å². The Morgan fingerprint density at radius 2 is 2.05 bits per heavy atom. The van der Waals surface area contributed by atoms with Gasteiger partial charge in [0.2, 0.25) is 5.95 Å². The summed E-state index contributed by atoms with van der Waals surface area (Å²) >= 11 is 0. The van der Waals surface area contributed by atoms with Crippen LogP contribution in [0.5, 0.6) is 0 Å². The summed E-state index contributed by atoms with van der Waals surface area (Å²) in [6, 6.07) is 1.52. The van der Waals surface area contributed by atoms with Gasteiger partial charge in [-0.1, -0.05) is 12.8 Å². The number of hydrogen-bond acceptors (Lipinski definition) is 3. The maximum absolute atomic E-state index is 4.60. The third-order valence-electron chi connectivity index (χ3n) is 4.49. The Bertz CT molecular complexity index is 416. The van der Waals surface area contributed by atoms with Crippen molar-refractivity contribution in [2.75, 3.05) is 25.5 Å². The number of hydrogen-bond donors (Lipinski definition) is 1. The number of aryl methyl sites for hydroxylation is 1. The molecule has 0 bridgehead atoms. The van der Waals surface area contributed by atoms with Gasteiger partial charge >= 0.3 is 0 Å². The van der Waals surface area contributed by atoms with Crippen molar-refractivity contribution in [3.05, 3.63) is 11.9 Å². The summed E-state index contributed by atoms with van der Waals surface area (Å²) in [4.78, 5) is 7.11. The van der Waals surface area contributed by atoms with E-state index in [1.165, 1.54) is 38.5 Å². The monoisotopic (exact) mass is 262 g/mol. The van der Waals surface area contributed by atoms with E-state index in [0.29, 0.717) is 6.04 Å². The number of nitrogens with one attached hydrogen (secondary N) is 1. The van der Waals surface area contributed by atoms with Crippen LogP contribution in [0.2, 0.25) is 0 Å². The predicted octanol–water partition coefficient (Wildman–Crippen LogP) is 2.81. The summed E-state index contributed by atoms with van der Waals surface area (Å²) in [6.45, 7) is 4.19. The lowest BCUT2D eigenvalue weighted by Crippen LogP contribution is -2.33. The molecule has 0 atom stereocenters. The van der Waals surface area contributed by atoms with Gasteiger partial charge in [-0.3, -0.25) is 0 Å². The van der Waals surface area contributed by atoms with Crippen LogP contribution in [-0.4, -0.2) is 40.6 Å². The van der Waals surface area contributed by atoms with Crippen molar-refractivity contribution < 1.29 is 0 Å². The number of nitrogens with zero attached hydrogens (tertiary/aromatic N) is 3. The molecule has 4 heteroatoms. The maximum atomic E-state index is 4.60. The molecular formula is C15H26N4. The molecule has 2 fully saturated rings. The number of rotatable bonds is 6. The standard InChI is InChI=1S/C15H26N4/c1-12-11-19(14-7-8-14)15(17-12)16-9-10-18(2)13-5-3-4-6-13/h11,13-14H,3-10H2,1-2H3,(H,16,17). The summed E-state index contributed by atoms with van der Waals surface area (Å²) in [5.74, 6) is 1.07. The van der Waals surface area contributed by atoms with Gasteiger partial charge < -0.3 is 14.8 Å². The van der Waals surface area contributed by atoms with Crippen LogP contribution in [0.4, 0.5) is 5.95 Å². The average molecular weight is 262 g/mol. The summed E-state index contributed by atoms with van der Waals surface area (Å²) in [6.07, 6.45) is 10.4. The minimum Gasteiger partial charge on any atom is -0.354 e. The van der Waals surface area contributed by atoms with Gasteiger partial charge in [-0.2, -0.15) is 0 Å². The zero-order chi connectivity index (χ0) is 13.2. The van der Waals surface area contributed by atoms with Crippen LogP contribution in [0.1, 0.15) is 50.3 Å². The van der Waals surface area contributed by atoms with Gasteiger partial charge in [0, 0.05) is 31.4 Å². The Morgan fingerprint density at radius 1 is 1.32 bits per heavy atom. The quantitative estimate of drug-likeness (QED) is 0.856. The maximum Gasteiger partial charge on any atom is 0.203 e. The van der Waals surface area contributed by atoms with E-state index in [1.807, 2.05) is 0 Å². The summed E-state index contributed by atoms with van der Waals surface area (Å²) in [5, 5.41) is 3.52. The first kappa shape index (κ1) is 13.0. The molecule has 2 aliphatic carbocycles. The van der Waals surface area contributed by atoms with Gasteiger partial charge in [0.15, 0.2) is 0 Å². The highest BCUT2D eigenvalue weighted by Crippen LogP contribution is 2.37. The largest absolute Gasteiger partial charge is 0.354 e. The lowest BCUT2D eigenvalue weighted by Gasteiger charge is -2.24. The smallest absolute Gasteiger partial charge is 0.203 e. The van der Waals surface area contributed by atoms with Crippen LogP contribution in [0.15, 0.2) is 6.20 Å². The normalized spacial score (nSPS) is 20.4. The fraction of sp³-hybridized carbons (Fsp3) is 0.800. The van der Waals surface area contributed by atoms with Crippen molar-refractivity contribution in [3.63, 3.8) is 0 Å². The highest BCUT2D eigenvalue weighted by atomic mass is 15.2. The number of likely N-dealkylation sites (N-methyl/N-ethyl adjacent to an activating group) is 1. The number of aromatic nitrogens is 2. The SMILES string of the molecule is Cc1cn(C2CC2)c(NCCN(C)C2CCCC2)n1. The van der Waals surface area contributed by atoms with Crippen molar-refractivity contribution in [2.24, 2.45) is 0 Å². The molecule has 1 aromatic rings. The molecule has 0 radical (unpaired) electrons. The third kappa shape index (κ3) is 3.11. The summed E-state index contributed by atoms with van der Waals surface area (Å²) in [5.41, 5.74) is 1.12. The minimum atomic E-state index is 0.705. The van der Waals surface area contributed by atoms with E-state index in [-0.39, 0.29) is 0 Å². The van der Waals surface area contributed by atoms with Crippen LogP contribution in [0.25, 0.3) is 0 Å². The first-order chi connectivity index (χ1) is 9.24. The predicted molar refractivity (Wildman–Crippen MR) is 78.6 cm³/mol. The molecule has 19 heavy (non-hydrogen) atoms. The number of imidazole rings is 1. The molecule has 1 N–H and O–H groups in total. The zero-order valence-electron chi connectivity index (χ0n) is 12.2. The molecule has 106 valence electrons. The van der Waals surface area contributed by atoms with Gasteiger partial charge in [-0.15, -0.1) is 0 Å². The Hall–Kier alpha value is -1.03. The van der Waals surface area contributed by atoms with Crippen LogP contribution < -0.4 is 5.32 Å². The Balaban J connectivity index is 1.49. The molecule has 4 nitrogen and oxygen atoms in total. The van der Waals surface area contributed by atoms with Gasteiger partial charge in [0.05, 0.1) is 5.69 Å². The second kappa shape index (κ2) is 5.53. The molecule has 0 aliphatic heterocycles. The second-order valence-corrected chi connectivity index (χ2v) is 6.19. The van der Waals surface area contributed by atoms with Crippen molar-refractivity contribution >= 4 is 5.95 Å². The van der Waals surface area contributed by atoms with E-state index in [9.17, 15) is 0 Å². The molecule has 0 aromatic carbocycles. The Kier molecular flexibility index (Phi) is 3.78. The fourth-order valence-corrected chi connectivity index (χ4v) is 3.15. The molecule has 0 unspecified atom stereocenters. The van der Waals surface area contributed by atoms with Crippen LogP contribution >= 0.6 is 0 Å². The van der Waals surface area contributed by atoms with E-state index >= 15 is 0 Å². The molecule has 0 amide bonds. The van der Waals surface area contributed by atoms with Gasteiger partial charge in [-0.05, 0) is 39.7 Å². The highest BCUT2D eigenvalue weighted by Gasteiger charge is 2.26. The van der Waals surface area contributed by atoms with Gasteiger partial charge in [0.1, 0.15) is 0 Å². The van der Waals surface area contributed by atoms with Gasteiger partial charge in [-0.25, -0.2) is 4.98 Å². The second-order valence-electron chi connectivity index (χ2n) is 6.19. The Morgan fingerprint density at radius 3 is 2.74 bits per heavy atom. The summed E-state index contributed by atoms with van der Waals surface area (Å²) in [7, 11) is 2.26. The van der Waals surface area contributed by atoms with E-state index in [4.69, 9.17) is 0 Å². The molecule has 3 rings (SSSR count). The zero-order valence-corrected chi connectivity index (χ0v) is 12.2. The van der Waals surface area contributed by atoms with Crippen molar-refractivity contribution in [3.8, 4) is 0 Å². The topological polar surface area (TPSA) is 33.1 Å². The number of anilines is 1.